The molecule has 25 heavy (non-hydrogen) atoms. The zero-order chi connectivity index (χ0) is 18.0. The van der Waals surface area contributed by atoms with Crippen molar-refractivity contribution in [3.8, 4) is 22.3 Å². The van der Waals surface area contributed by atoms with Gasteiger partial charge in [-0.05, 0) is 65.1 Å². The lowest BCUT2D eigenvalue weighted by Crippen LogP contribution is -2.08. The maximum absolute atomic E-state index is 2.28. The Labute approximate surface area is 151 Å². The molecule has 0 saturated heterocycles. The van der Waals surface area contributed by atoms with Crippen molar-refractivity contribution >= 4 is 11.4 Å². The number of benzene rings is 3. The number of anilines is 2. The van der Waals surface area contributed by atoms with Crippen LogP contribution in [0, 0.1) is 6.92 Å². The number of aryl methyl sites for hydroxylation is 1. The number of hydrogen-bond donors (Lipinski definition) is 0. The van der Waals surface area contributed by atoms with E-state index in [1.165, 1.54) is 39.2 Å². The van der Waals surface area contributed by atoms with Gasteiger partial charge in [-0.15, -0.1) is 0 Å². The Balaban J connectivity index is 1.97. The van der Waals surface area contributed by atoms with E-state index in [1.54, 1.807) is 0 Å². The molecule has 0 aromatic heterocycles. The van der Waals surface area contributed by atoms with Crippen molar-refractivity contribution in [3.05, 3.63) is 72.3 Å². The third kappa shape index (κ3) is 3.85. The van der Waals surface area contributed by atoms with Gasteiger partial charge in [0.15, 0.2) is 0 Å². The van der Waals surface area contributed by atoms with Gasteiger partial charge >= 0.3 is 0 Å². The predicted octanol–water partition coefficient (Wildman–Crippen LogP) is 5.46. The van der Waals surface area contributed by atoms with Gasteiger partial charge in [0.2, 0.25) is 0 Å². The number of hydrogen-bond acceptors (Lipinski definition) is 2. The summed E-state index contributed by atoms with van der Waals surface area (Å²) in [6.07, 6.45) is 0. The second-order valence-electron chi connectivity index (χ2n) is 6.97. The van der Waals surface area contributed by atoms with Crippen LogP contribution < -0.4 is 9.80 Å². The van der Waals surface area contributed by atoms with Gasteiger partial charge in [-0.1, -0.05) is 36.4 Å². The third-order valence-electron chi connectivity index (χ3n) is 4.51. The lowest BCUT2D eigenvalue weighted by atomic mass is 9.96. The van der Waals surface area contributed by atoms with E-state index in [0.717, 1.165) is 0 Å². The molecule has 0 unspecified atom stereocenters. The van der Waals surface area contributed by atoms with Crippen LogP contribution in [0.3, 0.4) is 0 Å². The molecule has 0 aliphatic rings. The maximum Gasteiger partial charge on any atom is 0.0361 e. The van der Waals surface area contributed by atoms with Gasteiger partial charge in [-0.3, -0.25) is 0 Å². The van der Waals surface area contributed by atoms with Crippen LogP contribution in [0.1, 0.15) is 5.56 Å². The van der Waals surface area contributed by atoms with Crippen molar-refractivity contribution in [2.75, 3.05) is 38.0 Å². The SMILES string of the molecule is Cc1cc(-c2ccc(N(C)C)cc2)cc(-c2ccc(N(C)C)cc2)c1. The van der Waals surface area contributed by atoms with Crippen LogP contribution >= 0.6 is 0 Å². The Hall–Kier alpha value is -2.74. The first-order valence-corrected chi connectivity index (χ1v) is 8.61. The first-order valence-electron chi connectivity index (χ1n) is 8.61. The van der Waals surface area contributed by atoms with Crippen LogP contribution in [0.15, 0.2) is 66.7 Å². The third-order valence-corrected chi connectivity index (χ3v) is 4.51. The highest BCUT2D eigenvalue weighted by Gasteiger charge is 2.05. The zero-order valence-electron chi connectivity index (χ0n) is 15.7. The summed E-state index contributed by atoms with van der Waals surface area (Å²) in [5, 5.41) is 0. The van der Waals surface area contributed by atoms with Gasteiger partial charge in [0, 0.05) is 39.6 Å². The molecular formula is C23H26N2. The van der Waals surface area contributed by atoms with Crippen LogP contribution in [0.25, 0.3) is 22.3 Å². The minimum Gasteiger partial charge on any atom is -0.378 e. The van der Waals surface area contributed by atoms with Crippen molar-refractivity contribution in [1.29, 1.82) is 0 Å². The van der Waals surface area contributed by atoms with E-state index >= 15 is 0 Å². The quantitative estimate of drug-likeness (QED) is 0.626. The van der Waals surface area contributed by atoms with Crippen LogP contribution in [0.2, 0.25) is 0 Å². The van der Waals surface area contributed by atoms with Crippen LogP contribution in [-0.2, 0) is 0 Å². The molecule has 0 bridgehead atoms. The predicted molar refractivity (Wildman–Crippen MR) is 111 cm³/mol. The van der Waals surface area contributed by atoms with E-state index in [9.17, 15) is 0 Å². The summed E-state index contributed by atoms with van der Waals surface area (Å²) in [5.41, 5.74) is 8.74. The second-order valence-corrected chi connectivity index (χ2v) is 6.97. The highest BCUT2D eigenvalue weighted by atomic mass is 15.1. The molecule has 0 fully saturated rings. The average molecular weight is 330 g/mol. The molecule has 0 aliphatic heterocycles. The number of rotatable bonds is 4. The van der Waals surface area contributed by atoms with Gasteiger partial charge in [0.1, 0.15) is 0 Å². The van der Waals surface area contributed by atoms with Crippen molar-refractivity contribution < 1.29 is 0 Å². The summed E-state index contributed by atoms with van der Waals surface area (Å²) in [6.45, 7) is 2.16. The minimum absolute atomic E-state index is 1.22. The van der Waals surface area contributed by atoms with E-state index in [4.69, 9.17) is 0 Å². The summed E-state index contributed by atoms with van der Waals surface area (Å²) in [7, 11) is 8.27. The minimum atomic E-state index is 1.22. The molecule has 0 amide bonds. The van der Waals surface area contributed by atoms with E-state index < -0.39 is 0 Å². The first-order chi connectivity index (χ1) is 11.9. The summed E-state index contributed by atoms with van der Waals surface area (Å²) >= 11 is 0. The van der Waals surface area contributed by atoms with E-state index in [-0.39, 0.29) is 0 Å². The fourth-order valence-electron chi connectivity index (χ4n) is 3.02. The molecule has 3 rings (SSSR count). The van der Waals surface area contributed by atoms with Crippen molar-refractivity contribution in [3.63, 3.8) is 0 Å². The first kappa shape index (κ1) is 17.1. The van der Waals surface area contributed by atoms with Crippen LogP contribution in [0.5, 0.6) is 0 Å². The highest BCUT2D eigenvalue weighted by molar-refractivity contribution is 5.75. The van der Waals surface area contributed by atoms with E-state index in [1.807, 2.05) is 0 Å². The molecule has 0 saturated carbocycles. The molecule has 0 aliphatic carbocycles. The van der Waals surface area contributed by atoms with E-state index in [0.29, 0.717) is 0 Å². The summed E-state index contributed by atoms with van der Waals surface area (Å²) in [4.78, 5) is 4.25. The molecule has 0 heterocycles. The van der Waals surface area contributed by atoms with Crippen LogP contribution in [-0.4, -0.2) is 28.2 Å². The summed E-state index contributed by atoms with van der Waals surface area (Å²) < 4.78 is 0. The van der Waals surface area contributed by atoms with Gasteiger partial charge < -0.3 is 9.80 Å². The maximum atomic E-state index is 2.28. The largest absolute Gasteiger partial charge is 0.378 e. The molecule has 2 nitrogen and oxygen atoms in total. The molecule has 3 aromatic carbocycles. The van der Waals surface area contributed by atoms with Crippen molar-refractivity contribution in [2.45, 2.75) is 6.92 Å². The van der Waals surface area contributed by atoms with Gasteiger partial charge in [-0.2, -0.15) is 0 Å². The Morgan fingerprint density at radius 2 is 0.840 bits per heavy atom. The molecule has 0 N–H and O–H groups in total. The second kappa shape index (κ2) is 7.02. The molecular weight excluding hydrogens is 304 g/mol. The molecule has 128 valence electrons. The Morgan fingerprint density at radius 3 is 1.16 bits per heavy atom. The smallest absolute Gasteiger partial charge is 0.0361 e. The monoisotopic (exact) mass is 330 g/mol. The lowest BCUT2D eigenvalue weighted by molar-refractivity contribution is 1.13. The summed E-state index contributed by atoms with van der Waals surface area (Å²) in [5.74, 6) is 0. The van der Waals surface area contributed by atoms with E-state index in [2.05, 4.69) is 112 Å². The van der Waals surface area contributed by atoms with Crippen molar-refractivity contribution in [2.24, 2.45) is 0 Å². The highest BCUT2D eigenvalue weighted by Crippen LogP contribution is 2.30. The van der Waals surface area contributed by atoms with Crippen molar-refractivity contribution in [1.82, 2.24) is 0 Å². The zero-order valence-corrected chi connectivity index (χ0v) is 15.7. The van der Waals surface area contributed by atoms with Gasteiger partial charge in [0.25, 0.3) is 0 Å². The van der Waals surface area contributed by atoms with Gasteiger partial charge in [-0.25, -0.2) is 0 Å². The lowest BCUT2D eigenvalue weighted by Gasteiger charge is -2.14. The molecule has 0 atom stereocenters. The Bertz CT molecular complexity index is 775. The summed E-state index contributed by atoms with van der Waals surface area (Å²) in [6, 6.07) is 24.3. The van der Waals surface area contributed by atoms with Gasteiger partial charge in [0.05, 0.1) is 0 Å². The number of nitrogens with zero attached hydrogens (tertiary/aromatic N) is 2. The molecule has 0 radical (unpaired) electrons. The molecule has 0 spiro atoms. The fraction of sp³-hybridized carbons (Fsp3) is 0.217. The Kier molecular flexibility index (Phi) is 4.80. The molecule has 2 heteroatoms. The molecule has 3 aromatic rings. The Morgan fingerprint density at radius 1 is 0.480 bits per heavy atom. The standard InChI is InChI=1S/C23H26N2/c1-17-14-20(18-6-10-22(11-7-18)24(2)3)16-21(15-17)19-8-12-23(13-9-19)25(4)5/h6-16H,1-5H3. The average Bonchev–Trinajstić information content (AvgIpc) is 2.61. The topological polar surface area (TPSA) is 6.48 Å². The fourth-order valence-corrected chi connectivity index (χ4v) is 3.02. The normalized spacial score (nSPS) is 10.6. The van der Waals surface area contributed by atoms with Crippen LogP contribution in [0.4, 0.5) is 11.4 Å².